The molecule has 0 amide bonds. The molecule has 1 aromatic heterocycles. The minimum Gasteiger partial charge on any atom is -0.487 e. The molecular formula is C15H18N2O2. The number of nitrogens with one attached hydrogen (secondary N) is 1. The summed E-state index contributed by atoms with van der Waals surface area (Å²) in [4.78, 5) is 14.7. The molecule has 0 aliphatic carbocycles. The molecular weight excluding hydrogens is 240 g/mol. The molecule has 19 heavy (non-hydrogen) atoms. The normalized spacial score (nSPS) is 21.5. The Kier molecular flexibility index (Phi) is 2.64. The summed E-state index contributed by atoms with van der Waals surface area (Å²) >= 11 is 0. The summed E-state index contributed by atoms with van der Waals surface area (Å²) in [5.41, 5.74) is 9.53. The second kappa shape index (κ2) is 4.10. The second-order valence-electron chi connectivity index (χ2n) is 5.36. The molecule has 1 aromatic carbocycles. The zero-order valence-corrected chi connectivity index (χ0v) is 11.4. The van der Waals surface area contributed by atoms with E-state index in [0.717, 1.165) is 22.2 Å². The minimum absolute atomic E-state index is 0.0206. The predicted molar refractivity (Wildman–Crippen MR) is 75.9 cm³/mol. The first-order valence-corrected chi connectivity index (χ1v) is 6.56. The molecule has 0 saturated carbocycles. The van der Waals surface area contributed by atoms with Crippen molar-refractivity contribution in [2.24, 2.45) is 5.73 Å². The van der Waals surface area contributed by atoms with Crippen molar-refractivity contribution in [1.29, 1.82) is 0 Å². The van der Waals surface area contributed by atoms with Gasteiger partial charge >= 0.3 is 0 Å². The van der Waals surface area contributed by atoms with Gasteiger partial charge in [0.2, 0.25) is 0 Å². The Labute approximate surface area is 111 Å². The van der Waals surface area contributed by atoms with Crippen LogP contribution < -0.4 is 16.0 Å². The molecule has 2 heterocycles. The fourth-order valence-electron chi connectivity index (χ4n) is 2.83. The highest BCUT2D eigenvalue weighted by Gasteiger charge is 2.32. The van der Waals surface area contributed by atoms with E-state index in [1.807, 2.05) is 19.9 Å². The first-order valence-electron chi connectivity index (χ1n) is 6.56. The number of pyridine rings is 1. The number of benzene rings is 1. The molecule has 0 bridgehead atoms. The Balaban J connectivity index is 2.36. The van der Waals surface area contributed by atoms with Gasteiger partial charge in [-0.2, -0.15) is 0 Å². The molecule has 1 aliphatic rings. The summed E-state index contributed by atoms with van der Waals surface area (Å²) in [6.45, 7) is 6.45. The third kappa shape index (κ3) is 1.67. The maximum atomic E-state index is 11.8. The molecule has 3 N–H and O–H groups in total. The number of H-pyrrole nitrogens is 1. The number of hydrogen-bond acceptors (Lipinski definition) is 3. The van der Waals surface area contributed by atoms with Crippen LogP contribution in [0.2, 0.25) is 0 Å². The van der Waals surface area contributed by atoms with Crippen LogP contribution in [0.15, 0.2) is 16.9 Å². The summed E-state index contributed by atoms with van der Waals surface area (Å²) in [5, 5.41) is 0.981. The fraction of sp³-hybridized carbons (Fsp3) is 0.400. The molecule has 4 nitrogen and oxygen atoms in total. The largest absolute Gasteiger partial charge is 0.487 e. The van der Waals surface area contributed by atoms with Crippen LogP contribution in [0, 0.1) is 13.8 Å². The summed E-state index contributed by atoms with van der Waals surface area (Å²) < 4.78 is 5.98. The number of aryl methyl sites for hydroxylation is 2. The second-order valence-corrected chi connectivity index (χ2v) is 5.36. The molecule has 3 rings (SSSR count). The predicted octanol–water partition coefficient (Wildman–Crippen LogP) is 1.97. The molecule has 0 radical (unpaired) electrons. The Hall–Kier alpha value is -1.81. The molecule has 1 aliphatic heterocycles. The Bertz CT molecular complexity index is 718. The molecule has 0 spiro atoms. The zero-order valence-electron chi connectivity index (χ0n) is 11.4. The van der Waals surface area contributed by atoms with Gasteiger partial charge in [-0.15, -0.1) is 0 Å². The molecule has 2 aromatic rings. The minimum atomic E-state index is -0.0445. The number of hydrogen-bond donors (Lipinski definition) is 2. The molecule has 0 saturated heterocycles. The van der Waals surface area contributed by atoms with Gasteiger partial charge in [-0.25, -0.2) is 0 Å². The van der Waals surface area contributed by atoms with Gasteiger partial charge in [-0.1, -0.05) is 6.92 Å². The fourth-order valence-corrected chi connectivity index (χ4v) is 2.83. The van der Waals surface area contributed by atoms with E-state index in [1.54, 1.807) is 0 Å². The molecule has 2 unspecified atom stereocenters. The lowest BCUT2D eigenvalue weighted by atomic mass is 9.94. The van der Waals surface area contributed by atoms with Gasteiger partial charge < -0.3 is 15.5 Å². The van der Waals surface area contributed by atoms with Crippen molar-refractivity contribution in [3.05, 3.63) is 39.2 Å². The van der Waals surface area contributed by atoms with E-state index in [9.17, 15) is 4.79 Å². The third-order valence-electron chi connectivity index (χ3n) is 4.05. The average molecular weight is 258 g/mol. The molecule has 0 fully saturated rings. The van der Waals surface area contributed by atoms with Crippen molar-refractivity contribution >= 4 is 10.9 Å². The highest BCUT2D eigenvalue weighted by atomic mass is 16.5. The number of ether oxygens (including phenoxy) is 1. The van der Waals surface area contributed by atoms with Gasteiger partial charge in [0.15, 0.2) is 0 Å². The zero-order chi connectivity index (χ0) is 13.7. The quantitative estimate of drug-likeness (QED) is 0.821. The van der Waals surface area contributed by atoms with Crippen molar-refractivity contribution < 1.29 is 4.74 Å². The highest BCUT2D eigenvalue weighted by molar-refractivity contribution is 5.90. The van der Waals surface area contributed by atoms with Crippen LogP contribution in [-0.2, 0) is 0 Å². The van der Waals surface area contributed by atoms with Crippen molar-refractivity contribution in [3.63, 3.8) is 0 Å². The van der Waals surface area contributed by atoms with Crippen LogP contribution in [0.5, 0.6) is 5.75 Å². The first-order chi connectivity index (χ1) is 9.02. The molecule has 4 heteroatoms. The van der Waals surface area contributed by atoms with Crippen LogP contribution in [0.25, 0.3) is 10.9 Å². The van der Waals surface area contributed by atoms with E-state index in [4.69, 9.17) is 10.5 Å². The monoisotopic (exact) mass is 258 g/mol. The standard InChI is InChI=1S/C15H18N2O2/c1-7-4-10-9(3)12(6-16)19-14(10)11-5-8(2)15(18)17-13(7)11/h4-5,9,12H,6,16H2,1-3H3,(H,17,18). The summed E-state index contributed by atoms with van der Waals surface area (Å²) in [6, 6.07) is 4.01. The van der Waals surface area contributed by atoms with Gasteiger partial charge in [0, 0.05) is 29.0 Å². The van der Waals surface area contributed by atoms with Gasteiger partial charge in [0.1, 0.15) is 11.9 Å². The molecule has 2 atom stereocenters. The van der Waals surface area contributed by atoms with Crippen molar-refractivity contribution in [1.82, 2.24) is 4.98 Å². The smallest absolute Gasteiger partial charge is 0.251 e. The Morgan fingerprint density at radius 2 is 2.05 bits per heavy atom. The van der Waals surface area contributed by atoms with E-state index in [0.29, 0.717) is 12.1 Å². The summed E-state index contributed by atoms with van der Waals surface area (Å²) in [6.07, 6.45) is 0.0206. The third-order valence-corrected chi connectivity index (χ3v) is 4.05. The van der Waals surface area contributed by atoms with E-state index in [1.165, 1.54) is 5.56 Å². The highest BCUT2D eigenvalue weighted by Crippen LogP contribution is 2.43. The maximum absolute atomic E-state index is 11.8. The Morgan fingerprint density at radius 3 is 2.74 bits per heavy atom. The van der Waals surface area contributed by atoms with Crippen molar-refractivity contribution in [3.8, 4) is 5.75 Å². The van der Waals surface area contributed by atoms with Gasteiger partial charge in [-0.05, 0) is 31.5 Å². The van der Waals surface area contributed by atoms with Crippen LogP contribution >= 0.6 is 0 Å². The number of aromatic amines is 1. The first kappa shape index (κ1) is 12.2. The topological polar surface area (TPSA) is 68.1 Å². The van der Waals surface area contributed by atoms with E-state index >= 15 is 0 Å². The van der Waals surface area contributed by atoms with E-state index in [-0.39, 0.29) is 17.6 Å². The van der Waals surface area contributed by atoms with Gasteiger partial charge in [0.25, 0.3) is 5.56 Å². The van der Waals surface area contributed by atoms with Crippen LogP contribution in [0.1, 0.15) is 29.5 Å². The number of aromatic nitrogens is 1. The van der Waals surface area contributed by atoms with Crippen LogP contribution in [0.3, 0.4) is 0 Å². The summed E-state index contributed by atoms with van der Waals surface area (Å²) in [7, 11) is 0. The number of nitrogens with two attached hydrogens (primary N) is 1. The lowest BCUT2D eigenvalue weighted by molar-refractivity contribution is 0.221. The molecule has 100 valence electrons. The average Bonchev–Trinajstić information content (AvgIpc) is 2.69. The number of fused-ring (bicyclic) bond motifs is 3. The SMILES string of the molecule is Cc1cc2c3c(cc(C)c2[nH]c1=O)C(C)C(CN)O3. The van der Waals surface area contributed by atoms with E-state index in [2.05, 4.69) is 18.0 Å². The Morgan fingerprint density at radius 1 is 1.32 bits per heavy atom. The maximum Gasteiger partial charge on any atom is 0.251 e. The van der Waals surface area contributed by atoms with Crippen molar-refractivity contribution in [2.75, 3.05) is 6.54 Å². The summed E-state index contributed by atoms with van der Waals surface area (Å²) in [5.74, 6) is 1.17. The van der Waals surface area contributed by atoms with Gasteiger partial charge in [-0.3, -0.25) is 4.79 Å². The van der Waals surface area contributed by atoms with Crippen LogP contribution in [-0.4, -0.2) is 17.6 Å². The van der Waals surface area contributed by atoms with E-state index < -0.39 is 0 Å². The van der Waals surface area contributed by atoms with Gasteiger partial charge in [0.05, 0.1) is 5.52 Å². The lowest BCUT2D eigenvalue weighted by Crippen LogP contribution is -2.26. The lowest BCUT2D eigenvalue weighted by Gasteiger charge is -2.11. The van der Waals surface area contributed by atoms with Crippen LogP contribution in [0.4, 0.5) is 0 Å². The van der Waals surface area contributed by atoms with Crippen molar-refractivity contribution in [2.45, 2.75) is 32.8 Å². The number of rotatable bonds is 1.